The van der Waals surface area contributed by atoms with Gasteiger partial charge in [-0.1, -0.05) is 20.8 Å². The van der Waals surface area contributed by atoms with Gasteiger partial charge in [-0.05, 0) is 24.2 Å². The van der Waals surface area contributed by atoms with Gasteiger partial charge >= 0.3 is 0 Å². The Kier molecular flexibility index (Phi) is 4.75. The van der Waals surface area contributed by atoms with E-state index in [1.165, 1.54) is 0 Å². The molecule has 0 spiro atoms. The van der Waals surface area contributed by atoms with E-state index in [0.717, 1.165) is 0 Å². The van der Waals surface area contributed by atoms with Gasteiger partial charge in [0.25, 0.3) is 0 Å². The lowest BCUT2D eigenvalue weighted by Gasteiger charge is -2.34. The minimum absolute atomic E-state index is 0.0530. The van der Waals surface area contributed by atoms with Crippen LogP contribution in [0.15, 0.2) is 12.4 Å². The highest BCUT2D eigenvalue weighted by Crippen LogP contribution is 2.31. The molecule has 1 aliphatic rings. The van der Waals surface area contributed by atoms with Gasteiger partial charge in [0.15, 0.2) is 0 Å². The van der Waals surface area contributed by atoms with Crippen LogP contribution < -0.4 is 0 Å². The number of imidazole rings is 1. The zero-order chi connectivity index (χ0) is 15.7. The molecule has 1 aliphatic heterocycles. The number of nitrogens with one attached hydrogen (secondary N) is 1. The van der Waals surface area contributed by atoms with Crippen molar-refractivity contribution in [2.45, 2.75) is 39.7 Å². The third-order valence-electron chi connectivity index (χ3n) is 3.75. The monoisotopic (exact) mass is 315 g/mol. The first-order valence-electron chi connectivity index (χ1n) is 7.34. The quantitative estimate of drug-likeness (QED) is 0.882. The van der Waals surface area contributed by atoms with Crippen LogP contribution in [0.2, 0.25) is 0 Å². The first kappa shape index (κ1) is 16.5. The van der Waals surface area contributed by atoms with E-state index >= 15 is 0 Å². The summed E-state index contributed by atoms with van der Waals surface area (Å²) < 4.78 is 26.3. The number of sulfonamides is 1. The number of hydrogen-bond acceptors (Lipinski definition) is 4. The molecule has 2 rings (SSSR count). The van der Waals surface area contributed by atoms with Crippen LogP contribution in [0.1, 0.15) is 45.5 Å². The maximum absolute atomic E-state index is 12.4. The molecular weight excluding hydrogens is 290 g/mol. The van der Waals surface area contributed by atoms with E-state index in [1.54, 1.807) is 16.7 Å². The molecule has 1 aromatic rings. The standard InChI is InChI=1S/C14H25N3O3S/c1-14(2,3)10-21(19,20)17-8-4-11(5-9-17)12(18)13-15-6-7-16-13/h6-7,11-12,18H,4-5,8-10H2,1-3H3,(H,15,16). The second-order valence-corrected chi connectivity index (χ2v) is 8.94. The van der Waals surface area contributed by atoms with Crippen molar-refractivity contribution in [2.75, 3.05) is 18.8 Å². The molecule has 1 saturated heterocycles. The van der Waals surface area contributed by atoms with Crippen molar-refractivity contribution >= 4 is 10.0 Å². The lowest BCUT2D eigenvalue weighted by Crippen LogP contribution is -2.43. The number of hydrogen-bond donors (Lipinski definition) is 2. The average Bonchev–Trinajstić information content (AvgIpc) is 2.89. The van der Waals surface area contributed by atoms with Crippen LogP contribution in [0, 0.1) is 11.3 Å². The molecule has 0 amide bonds. The maximum atomic E-state index is 12.4. The van der Waals surface area contributed by atoms with Gasteiger partial charge in [0.05, 0.1) is 5.75 Å². The summed E-state index contributed by atoms with van der Waals surface area (Å²) in [7, 11) is -3.22. The Morgan fingerprint density at radius 2 is 2.05 bits per heavy atom. The average molecular weight is 315 g/mol. The first-order valence-corrected chi connectivity index (χ1v) is 8.95. The van der Waals surface area contributed by atoms with Crippen LogP contribution >= 0.6 is 0 Å². The highest BCUT2D eigenvalue weighted by Gasteiger charge is 2.34. The van der Waals surface area contributed by atoms with E-state index in [0.29, 0.717) is 31.8 Å². The van der Waals surface area contributed by atoms with E-state index < -0.39 is 16.1 Å². The number of H-pyrrole nitrogens is 1. The molecule has 6 nitrogen and oxygen atoms in total. The zero-order valence-electron chi connectivity index (χ0n) is 12.9. The Hall–Kier alpha value is -0.920. The fourth-order valence-electron chi connectivity index (χ4n) is 2.77. The fraction of sp³-hybridized carbons (Fsp3) is 0.786. The molecule has 1 unspecified atom stereocenters. The Morgan fingerprint density at radius 1 is 1.43 bits per heavy atom. The van der Waals surface area contributed by atoms with Gasteiger partial charge in [-0.2, -0.15) is 0 Å². The van der Waals surface area contributed by atoms with Crippen molar-refractivity contribution in [3.63, 3.8) is 0 Å². The molecule has 0 bridgehead atoms. The fourth-order valence-corrected chi connectivity index (χ4v) is 4.81. The molecular formula is C14H25N3O3S. The summed E-state index contributed by atoms with van der Waals surface area (Å²) in [6, 6.07) is 0. The summed E-state index contributed by atoms with van der Waals surface area (Å²) in [6.07, 6.45) is 3.96. The number of aliphatic hydroxyl groups excluding tert-OH is 1. The van der Waals surface area contributed by atoms with Gasteiger partial charge in [0, 0.05) is 25.5 Å². The Morgan fingerprint density at radius 3 is 2.52 bits per heavy atom. The van der Waals surface area contributed by atoms with Crippen LogP contribution in [-0.4, -0.2) is 46.6 Å². The Balaban J connectivity index is 1.94. The van der Waals surface area contributed by atoms with E-state index in [2.05, 4.69) is 9.97 Å². The number of aromatic nitrogens is 2. The molecule has 21 heavy (non-hydrogen) atoms. The van der Waals surface area contributed by atoms with Crippen molar-refractivity contribution in [1.29, 1.82) is 0 Å². The molecule has 1 atom stereocenters. The van der Waals surface area contributed by atoms with Gasteiger partial charge in [-0.15, -0.1) is 0 Å². The maximum Gasteiger partial charge on any atom is 0.214 e. The van der Waals surface area contributed by atoms with Crippen LogP contribution in [0.5, 0.6) is 0 Å². The summed E-state index contributed by atoms with van der Waals surface area (Å²) in [5, 5.41) is 10.2. The van der Waals surface area contributed by atoms with E-state index in [4.69, 9.17) is 0 Å². The van der Waals surface area contributed by atoms with Crippen molar-refractivity contribution < 1.29 is 13.5 Å². The number of nitrogens with zero attached hydrogens (tertiary/aromatic N) is 2. The normalized spacial score (nSPS) is 20.6. The van der Waals surface area contributed by atoms with Gasteiger partial charge in [0.1, 0.15) is 11.9 Å². The van der Waals surface area contributed by atoms with Gasteiger partial charge in [0.2, 0.25) is 10.0 Å². The summed E-state index contributed by atoms with van der Waals surface area (Å²) in [5.41, 5.74) is -0.247. The highest BCUT2D eigenvalue weighted by atomic mass is 32.2. The molecule has 1 fully saturated rings. The van der Waals surface area contributed by atoms with Crippen molar-refractivity contribution in [3.8, 4) is 0 Å². The number of aromatic amines is 1. The predicted octanol–water partition coefficient (Wildman–Crippen LogP) is 1.53. The van der Waals surface area contributed by atoms with Crippen LogP contribution in [0.25, 0.3) is 0 Å². The third kappa shape index (κ3) is 4.28. The third-order valence-corrected chi connectivity index (χ3v) is 6.14. The van der Waals surface area contributed by atoms with Gasteiger partial charge in [-0.3, -0.25) is 0 Å². The number of rotatable bonds is 4. The summed E-state index contributed by atoms with van der Waals surface area (Å²) in [6.45, 7) is 6.73. The second-order valence-electron chi connectivity index (χ2n) is 6.97. The van der Waals surface area contributed by atoms with Gasteiger partial charge in [-0.25, -0.2) is 17.7 Å². The predicted molar refractivity (Wildman–Crippen MR) is 81.1 cm³/mol. The topological polar surface area (TPSA) is 86.3 Å². The molecule has 0 aliphatic carbocycles. The molecule has 2 N–H and O–H groups in total. The minimum atomic E-state index is -3.22. The van der Waals surface area contributed by atoms with Crippen molar-refractivity contribution in [3.05, 3.63) is 18.2 Å². The molecule has 0 aromatic carbocycles. The molecule has 0 saturated carbocycles. The first-order chi connectivity index (χ1) is 9.69. The van der Waals surface area contributed by atoms with E-state index in [1.807, 2.05) is 20.8 Å². The molecule has 2 heterocycles. The SMILES string of the molecule is CC(C)(C)CS(=O)(=O)N1CCC(C(O)c2ncc[nH]2)CC1. The van der Waals surface area contributed by atoms with Crippen LogP contribution in [-0.2, 0) is 10.0 Å². The number of piperidine rings is 1. The lowest BCUT2D eigenvalue weighted by molar-refractivity contribution is 0.0695. The zero-order valence-corrected chi connectivity index (χ0v) is 13.7. The second kappa shape index (κ2) is 6.06. The minimum Gasteiger partial charge on any atom is -0.385 e. The summed E-state index contributed by atoms with van der Waals surface area (Å²) >= 11 is 0. The van der Waals surface area contributed by atoms with Crippen LogP contribution in [0.3, 0.4) is 0 Å². The Bertz CT molecular complexity index is 541. The molecule has 7 heteroatoms. The van der Waals surface area contributed by atoms with Gasteiger partial charge < -0.3 is 10.1 Å². The smallest absolute Gasteiger partial charge is 0.214 e. The molecule has 0 radical (unpaired) electrons. The number of aliphatic hydroxyl groups is 1. The van der Waals surface area contributed by atoms with Crippen molar-refractivity contribution in [2.24, 2.45) is 11.3 Å². The Labute approximate surface area is 126 Å². The van der Waals surface area contributed by atoms with Crippen molar-refractivity contribution in [1.82, 2.24) is 14.3 Å². The summed E-state index contributed by atoms with van der Waals surface area (Å²) in [4.78, 5) is 6.98. The highest BCUT2D eigenvalue weighted by molar-refractivity contribution is 7.89. The molecule has 120 valence electrons. The largest absolute Gasteiger partial charge is 0.385 e. The van der Waals surface area contributed by atoms with E-state index in [-0.39, 0.29) is 17.1 Å². The molecule has 1 aromatic heterocycles. The lowest BCUT2D eigenvalue weighted by atomic mass is 9.92. The van der Waals surface area contributed by atoms with Crippen LogP contribution in [0.4, 0.5) is 0 Å². The summed E-state index contributed by atoms with van der Waals surface area (Å²) in [5.74, 6) is 0.772. The van der Waals surface area contributed by atoms with E-state index in [9.17, 15) is 13.5 Å².